The molecule has 0 aliphatic carbocycles. The van der Waals surface area contributed by atoms with Gasteiger partial charge in [-0.15, -0.1) is 0 Å². The number of rotatable bonds is 36. The van der Waals surface area contributed by atoms with E-state index in [1.165, 1.54) is 167 Å². The number of carbonyl (C=O) groups is 2. The number of hydrogen-bond acceptors (Lipinski definition) is 7. The molecule has 0 unspecified atom stereocenters. The smallest absolute Gasteiger partial charge is 0.303 e. The molecule has 1 aliphatic heterocycles. The number of unbranched alkanes of at least 4 members (excludes halogenated alkanes) is 28. The SMILES string of the molecule is C1CO1.CCCCCCCCCCCCCCCCCC(=O)O.CCCCCCCCCCCCCCCCCC(=O)O.OCC(CO)(CO)CO. The largest absolute Gasteiger partial charge is 0.481 e. The lowest BCUT2D eigenvalue weighted by molar-refractivity contribution is -0.138. The first-order chi connectivity index (χ1) is 25.3. The van der Waals surface area contributed by atoms with Crippen LogP contribution in [-0.4, -0.2) is 82.2 Å². The van der Waals surface area contributed by atoms with Gasteiger partial charge in [0.1, 0.15) is 0 Å². The molecular weight excluding hydrogens is 660 g/mol. The molecule has 1 rings (SSSR count). The van der Waals surface area contributed by atoms with Crippen LogP contribution in [0.4, 0.5) is 0 Å². The first kappa shape index (κ1) is 55.1. The third kappa shape index (κ3) is 53.1. The number of epoxide rings is 1. The van der Waals surface area contributed by atoms with Crippen molar-refractivity contribution in [2.75, 3.05) is 39.6 Å². The van der Waals surface area contributed by atoms with Crippen molar-refractivity contribution in [3.63, 3.8) is 0 Å². The predicted molar refractivity (Wildman–Crippen MR) is 216 cm³/mol. The minimum absolute atomic E-state index is 0.345. The normalized spacial score (nSPS) is 11.8. The quantitative estimate of drug-likeness (QED) is 0.0270. The molecule has 9 nitrogen and oxygen atoms in total. The van der Waals surface area contributed by atoms with Crippen LogP contribution in [0.3, 0.4) is 0 Å². The molecule has 0 saturated carbocycles. The van der Waals surface area contributed by atoms with Gasteiger partial charge in [0.2, 0.25) is 0 Å². The van der Waals surface area contributed by atoms with Gasteiger partial charge < -0.3 is 35.4 Å². The van der Waals surface area contributed by atoms with Gasteiger partial charge in [-0.25, -0.2) is 0 Å². The van der Waals surface area contributed by atoms with E-state index in [2.05, 4.69) is 18.6 Å². The molecule has 0 atom stereocenters. The summed E-state index contributed by atoms with van der Waals surface area (Å²) in [6.45, 7) is 4.92. The van der Waals surface area contributed by atoms with Crippen molar-refractivity contribution >= 4 is 11.9 Å². The number of carboxylic acid groups (broad SMARTS) is 2. The molecule has 9 heteroatoms. The monoisotopic (exact) mass is 749 g/mol. The van der Waals surface area contributed by atoms with Crippen molar-refractivity contribution in [1.29, 1.82) is 0 Å². The second-order valence-electron chi connectivity index (χ2n) is 14.9. The van der Waals surface area contributed by atoms with Crippen LogP contribution in [0.15, 0.2) is 0 Å². The van der Waals surface area contributed by atoms with Gasteiger partial charge in [0.05, 0.1) is 45.1 Å². The molecule has 0 radical (unpaired) electrons. The topological polar surface area (TPSA) is 168 Å². The third-order valence-electron chi connectivity index (χ3n) is 9.53. The maximum Gasteiger partial charge on any atom is 0.303 e. The van der Waals surface area contributed by atoms with Crippen LogP contribution >= 0.6 is 0 Å². The zero-order valence-corrected chi connectivity index (χ0v) is 34.3. The van der Waals surface area contributed by atoms with Crippen molar-refractivity contribution in [2.24, 2.45) is 5.41 Å². The van der Waals surface area contributed by atoms with Gasteiger partial charge in [0.15, 0.2) is 0 Å². The summed E-state index contributed by atoms with van der Waals surface area (Å²) >= 11 is 0. The Morgan fingerprint density at radius 2 is 0.558 bits per heavy atom. The summed E-state index contributed by atoms with van der Waals surface area (Å²) in [6.07, 6.45) is 40.4. The molecule has 1 aliphatic rings. The van der Waals surface area contributed by atoms with Crippen LogP contribution in [0.1, 0.15) is 219 Å². The Hall–Kier alpha value is -1.26. The van der Waals surface area contributed by atoms with E-state index in [4.69, 9.17) is 30.6 Å². The summed E-state index contributed by atoms with van der Waals surface area (Å²) in [5.41, 5.74) is -1.11. The van der Waals surface area contributed by atoms with E-state index in [1.807, 2.05) is 0 Å². The number of aliphatic carboxylic acids is 2. The van der Waals surface area contributed by atoms with Crippen LogP contribution in [0.5, 0.6) is 0 Å². The van der Waals surface area contributed by atoms with E-state index in [-0.39, 0.29) is 0 Å². The van der Waals surface area contributed by atoms with Gasteiger partial charge in [-0.3, -0.25) is 9.59 Å². The number of carboxylic acids is 2. The van der Waals surface area contributed by atoms with Crippen LogP contribution < -0.4 is 0 Å². The Morgan fingerprint density at radius 3 is 0.673 bits per heavy atom. The van der Waals surface area contributed by atoms with E-state index in [0.717, 1.165) is 38.9 Å². The van der Waals surface area contributed by atoms with Crippen molar-refractivity contribution in [3.8, 4) is 0 Å². The van der Waals surface area contributed by atoms with Crippen LogP contribution in [-0.2, 0) is 14.3 Å². The third-order valence-corrected chi connectivity index (χ3v) is 9.53. The lowest BCUT2D eigenvalue weighted by atomic mass is 9.93. The number of aliphatic hydroxyl groups is 4. The van der Waals surface area contributed by atoms with Crippen LogP contribution in [0.2, 0.25) is 0 Å². The highest BCUT2D eigenvalue weighted by Crippen LogP contribution is 2.15. The number of ether oxygens (including phenoxy) is 1. The fraction of sp³-hybridized carbons (Fsp3) is 0.953. The summed E-state index contributed by atoms with van der Waals surface area (Å²) in [4.78, 5) is 20.7. The zero-order valence-electron chi connectivity index (χ0n) is 34.3. The van der Waals surface area contributed by atoms with Crippen molar-refractivity contribution in [2.45, 2.75) is 219 Å². The van der Waals surface area contributed by atoms with Gasteiger partial charge in [-0.2, -0.15) is 0 Å². The van der Waals surface area contributed by atoms with Crippen molar-refractivity contribution in [1.82, 2.24) is 0 Å². The second-order valence-corrected chi connectivity index (χ2v) is 14.9. The van der Waals surface area contributed by atoms with E-state index in [0.29, 0.717) is 12.8 Å². The Morgan fingerprint density at radius 1 is 0.385 bits per heavy atom. The second kappa shape index (κ2) is 47.8. The van der Waals surface area contributed by atoms with Gasteiger partial charge in [-0.1, -0.05) is 194 Å². The molecule has 0 amide bonds. The Bertz CT molecular complexity index is 619. The summed E-state index contributed by atoms with van der Waals surface area (Å²) in [7, 11) is 0. The van der Waals surface area contributed by atoms with E-state index < -0.39 is 43.8 Å². The van der Waals surface area contributed by atoms with Crippen molar-refractivity contribution < 1.29 is 45.0 Å². The summed E-state index contributed by atoms with van der Waals surface area (Å²) < 4.78 is 4.50. The Balaban J connectivity index is -0.000000703. The average molecular weight is 749 g/mol. The molecule has 0 aromatic heterocycles. The predicted octanol–water partition coefficient (Wildman–Crippen LogP) is 10.6. The molecule has 0 aromatic carbocycles. The molecular formula is C43H88O9. The standard InChI is InChI=1S/2C18H36O2.C5H12O4.C2H4O/c2*1-2-3-4-5-6-7-8-9-10-11-12-13-14-15-16-17-18(19)20;6-1-5(2-7,3-8)4-9;1-2-3-1/h2*2-17H2,1H3,(H,19,20);6-9H,1-4H2;1-2H2. The molecule has 1 heterocycles. The van der Waals surface area contributed by atoms with Gasteiger partial charge >= 0.3 is 11.9 Å². The average Bonchev–Trinajstić information content (AvgIpc) is 4.03. The Labute approximate surface area is 320 Å². The minimum Gasteiger partial charge on any atom is -0.481 e. The summed E-state index contributed by atoms with van der Waals surface area (Å²) in [5, 5.41) is 51.0. The first-order valence-electron chi connectivity index (χ1n) is 21.7. The fourth-order valence-corrected chi connectivity index (χ4v) is 5.60. The van der Waals surface area contributed by atoms with Crippen LogP contribution in [0, 0.1) is 5.41 Å². The molecule has 52 heavy (non-hydrogen) atoms. The zero-order chi connectivity index (χ0) is 39.2. The molecule has 0 bridgehead atoms. The molecule has 314 valence electrons. The van der Waals surface area contributed by atoms with Gasteiger partial charge in [-0.05, 0) is 12.8 Å². The van der Waals surface area contributed by atoms with E-state index in [9.17, 15) is 9.59 Å². The number of aliphatic hydroxyl groups excluding tert-OH is 4. The highest BCUT2D eigenvalue weighted by Gasteiger charge is 2.26. The molecule has 0 spiro atoms. The van der Waals surface area contributed by atoms with Crippen LogP contribution in [0.25, 0.3) is 0 Å². The van der Waals surface area contributed by atoms with Gasteiger partial charge in [0.25, 0.3) is 0 Å². The maximum atomic E-state index is 10.3. The molecule has 6 N–H and O–H groups in total. The minimum atomic E-state index is -1.11. The molecule has 0 aromatic rings. The molecule has 1 saturated heterocycles. The number of hydrogen-bond donors (Lipinski definition) is 6. The summed E-state index contributed by atoms with van der Waals surface area (Å²) in [6, 6.07) is 0. The van der Waals surface area contributed by atoms with Gasteiger partial charge in [0, 0.05) is 12.8 Å². The lowest BCUT2D eigenvalue weighted by Gasteiger charge is -2.23. The highest BCUT2D eigenvalue weighted by atomic mass is 16.6. The van der Waals surface area contributed by atoms with E-state index >= 15 is 0 Å². The highest BCUT2D eigenvalue weighted by molar-refractivity contribution is 5.66. The maximum absolute atomic E-state index is 10.3. The molecule has 1 fully saturated rings. The first-order valence-corrected chi connectivity index (χ1v) is 21.7. The van der Waals surface area contributed by atoms with Crippen molar-refractivity contribution in [3.05, 3.63) is 0 Å². The van der Waals surface area contributed by atoms with E-state index in [1.54, 1.807) is 0 Å². The lowest BCUT2D eigenvalue weighted by Crippen LogP contribution is -2.37. The summed E-state index contributed by atoms with van der Waals surface area (Å²) in [5.74, 6) is -1.31. The fourth-order valence-electron chi connectivity index (χ4n) is 5.60. The Kier molecular flexibility index (Phi) is 50.6.